The molecule has 1 rings (SSSR count). The number of hydrogen-bond acceptors (Lipinski definition) is 1. The first kappa shape index (κ1) is 12.7. The van der Waals surface area contributed by atoms with Crippen LogP contribution in [0.25, 0.3) is 0 Å². The van der Waals surface area contributed by atoms with E-state index in [1.807, 2.05) is 0 Å². The van der Waals surface area contributed by atoms with Gasteiger partial charge in [-0.25, -0.2) is 4.39 Å². The Balaban J connectivity index is 2.59. The third kappa shape index (κ3) is 4.31. The molecule has 3 heteroatoms. The minimum Gasteiger partial charge on any atom is -0.327 e. The molecule has 0 amide bonds. The molecule has 84 valence electrons. The fourth-order valence-electron chi connectivity index (χ4n) is 1.55. The van der Waals surface area contributed by atoms with Gasteiger partial charge in [0.1, 0.15) is 5.82 Å². The van der Waals surface area contributed by atoms with E-state index in [4.69, 9.17) is 5.73 Å². The molecule has 0 saturated carbocycles. The van der Waals surface area contributed by atoms with E-state index in [9.17, 15) is 4.39 Å². The summed E-state index contributed by atoms with van der Waals surface area (Å²) in [6.07, 6.45) is 3.82. The van der Waals surface area contributed by atoms with Gasteiger partial charge in [0.15, 0.2) is 0 Å². The molecular weight excluding hydrogens is 257 g/mol. The zero-order valence-corrected chi connectivity index (χ0v) is 10.6. The average Bonchev–Trinajstić information content (AvgIpc) is 2.20. The second-order valence-corrected chi connectivity index (χ2v) is 4.76. The highest BCUT2D eigenvalue weighted by molar-refractivity contribution is 9.10. The number of benzene rings is 1. The molecule has 15 heavy (non-hydrogen) atoms. The van der Waals surface area contributed by atoms with Crippen LogP contribution in [-0.4, -0.2) is 6.04 Å². The number of hydrogen-bond donors (Lipinski definition) is 1. The summed E-state index contributed by atoms with van der Waals surface area (Å²) < 4.78 is 14.3. The van der Waals surface area contributed by atoms with Crippen LogP contribution in [0.5, 0.6) is 0 Å². The molecule has 0 heterocycles. The second-order valence-electron chi connectivity index (χ2n) is 3.84. The summed E-state index contributed by atoms with van der Waals surface area (Å²) in [5.41, 5.74) is 6.63. The van der Waals surface area contributed by atoms with E-state index in [1.165, 1.54) is 6.07 Å². The van der Waals surface area contributed by atoms with E-state index in [0.29, 0.717) is 12.0 Å². The zero-order valence-electron chi connectivity index (χ0n) is 8.97. The van der Waals surface area contributed by atoms with Gasteiger partial charge in [-0.05, 0) is 36.6 Å². The molecule has 0 radical (unpaired) electrons. The van der Waals surface area contributed by atoms with E-state index >= 15 is 0 Å². The Kier molecular flexibility index (Phi) is 5.26. The lowest BCUT2D eigenvalue weighted by Crippen LogP contribution is -2.23. The van der Waals surface area contributed by atoms with Crippen LogP contribution in [0.3, 0.4) is 0 Å². The highest BCUT2D eigenvalue weighted by atomic mass is 79.9. The Labute approximate surface area is 99.0 Å². The third-order valence-electron chi connectivity index (χ3n) is 2.42. The van der Waals surface area contributed by atoms with Gasteiger partial charge in [-0.15, -0.1) is 0 Å². The number of unbranched alkanes of at least 4 members (excludes halogenated alkanes) is 1. The summed E-state index contributed by atoms with van der Waals surface area (Å²) in [5, 5.41) is 0. The lowest BCUT2D eigenvalue weighted by molar-refractivity contribution is 0.547. The van der Waals surface area contributed by atoms with Gasteiger partial charge in [0.25, 0.3) is 0 Å². The zero-order chi connectivity index (χ0) is 11.3. The van der Waals surface area contributed by atoms with E-state index in [-0.39, 0.29) is 11.9 Å². The maximum absolute atomic E-state index is 13.4. The van der Waals surface area contributed by atoms with Crippen molar-refractivity contribution in [1.82, 2.24) is 0 Å². The Morgan fingerprint density at radius 1 is 1.47 bits per heavy atom. The minimum absolute atomic E-state index is 0.0637. The summed E-state index contributed by atoms with van der Waals surface area (Å²) in [5.74, 6) is -0.162. The first-order valence-corrected chi connectivity index (χ1v) is 6.12. The van der Waals surface area contributed by atoms with Crippen LogP contribution in [0.2, 0.25) is 0 Å². The first-order chi connectivity index (χ1) is 7.13. The quantitative estimate of drug-likeness (QED) is 0.871. The van der Waals surface area contributed by atoms with E-state index < -0.39 is 0 Å². The normalized spacial score (nSPS) is 12.8. The molecule has 0 spiro atoms. The maximum Gasteiger partial charge on any atom is 0.126 e. The second kappa shape index (κ2) is 6.23. The highest BCUT2D eigenvalue weighted by Crippen LogP contribution is 2.17. The number of halogens is 2. The number of nitrogens with two attached hydrogens (primary N) is 1. The van der Waals surface area contributed by atoms with E-state index in [0.717, 1.165) is 23.7 Å². The fraction of sp³-hybridized carbons (Fsp3) is 0.500. The van der Waals surface area contributed by atoms with Gasteiger partial charge >= 0.3 is 0 Å². The lowest BCUT2D eigenvalue weighted by atomic mass is 10.0. The molecule has 0 fully saturated rings. The molecule has 1 unspecified atom stereocenters. The molecule has 2 N–H and O–H groups in total. The standard InChI is InChI=1S/C12H17BrFN/c1-2-3-4-11(15)8-9-7-10(13)5-6-12(9)14/h5-7,11H,2-4,8,15H2,1H3. The molecule has 0 aromatic heterocycles. The van der Waals surface area contributed by atoms with Gasteiger partial charge < -0.3 is 5.73 Å². The van der Waals surface area contributed by atoms with E-state index in [1.54, 1.807) is 12.1 Å². The lowest BCUT2D eigenvalue weighted by Gasteiger charge is -2.11. The van der Waals surface area contributed by atoms with Crippen molar-refractivity contribution in [2.24, 2.45) is 5.73 Å². The Morgan fingerprint density at radius 2 is 2.20 bits per heavy atom. The number of rotatable bonds is 5. The van der Waals surface area contributed by atoms with Crippen LogP contribution in [0.1, 0.15) is 31.7 Å². The predicted octanol–water partition coefficient (Wildman–Crippen LogP) is 3.65. The van der Waals surface area contributed by atoms with Crippen LogP contribution in [0, 0.1) is 5.82 Å². The first-order valence-electron chi connectivity index (χ1n) is 5.33. The Hall–Kier alpha value is -0.410. The van der Waals surface area contributed by atoms with Crippen LogP contribution in [0.4, 0.5) is 4.39 Å². The minimum atomic E-state index is -0.162. The maximum atomic E-state index is 13.4. The molecule has 0 aliphatic heterocycles. The van der Waals surface area contributed by atoms with Crippen molar-refractivity contribution in [2.45, 2.75) is 38.6 Å². The molecule has 0 bridgehead atoms. The van der Waals surface area contributed by atoms with Gasteiger partial charge in [-0.1, -0.05) is 35.7 Å². The van der Waals surface area contributed by atoms with Crippen molar-refractivity contribution in [3.05, 3.63) is 34.1 Å². The van der Waals surface area contributed by atoms with Gasteiger partial charge in [-0.3, -0.25) is 0 Å². The summed E-state index contributed by atoms with van der Waals surface area (Å²) >= 11 is 3.33. The predicted molar refractivity (Wildman–Crippen MR) is 65.3 cm³/mol. The van der Waals surface area contributed by atoms with Gasteiger partial charge in [0.2, 0.25) is 0 Å². The summed E-state index contributed by atoms with van der Waals surface area (Å²) in [6, 6.07) is 5.05. The fourth-order valence-corrected chi connectivity index (χ4v) is 1.96. The van der Waals surface area contributed by atoms with Crippen molar-refractivity contribution in [3.8, 4) is 0 Å². The third-order valence-corrected chi connectivity index (χ3v) is 2.91. The van der Waals surface area contributed by atoms with Crippen LogP contribution < -0.4 is 5.73 Å². The summed E-state index contributed by atoms with van der Waals surface area (Å²) in [6.45, 7) is 2.13. The van der Waals surface area contributed by atoms with Crippen molar-refractivity contribution in [1.29, 1.82) is 0 Å². The smallest absolute Gasteiger partial charge is 0.126 e. The van der Waals surface area contributed by atoms with Gasteiger partial charge in [0, 0.05) is 10.5 Å². The Morgan fingerprint density at radius 3 is 2.87 bits per heavy atom. The summed E-state index contributed by atoms with van der Waals surface area (Å²) in [4.78, 5) is 0. The molecule has 0 saturated heterocycles. The average molecular weight is 274 g/mol. The molecule has 1 aromatic rings. The van der Waals surface area contributed by atoms with Gasteiger partial charge in [-0.2, -0.15) is 0 Å². The molecule has 0 aliphatic carbocycles. The van der Waals surface area contributed by atoms with Crippen LogP contribution in [0.15, 0.2) is 22.7 Å². The van der Waals surface area contributed by atoms with Gasteiger partial charge in [0.05, 0.1) is 0 Å². The molecule has 1 nitrogen and oxygen atoms in total. The van der Waals surface area contributed by atoms with Crippen molar-refractivity contribution in [2.75, 3.05) is 0 Å². The Bertz CT molecular complexity index is 314. The molecule has 1 aromatic carbocycles. The van der Waals surface area contributed by atoms with Crippen molar-refractivity contribution >= 4 is 15.9 Å². The highest BCUT2D eigenvalue weighted by Gasteiger charge is 2.08. The molecule has 0 aliphatic rings. The van der Waals surface area contributed by atoms with Crippen molar-refractivity contribution in [3.63, 3.8) is 0 Å². The molecule has 1 atom stereocenters. The summed E-state index contributed by atoms with van der Waals surface area (Å²) in [7, 11) is 0. The molecular formula is C12H17BrFN. The van der Waals surface area contributed by atoms with E-state index in [2.05, 4.69) is 22.9 Å². The van der Waals surface area contributed by atoms with Crippen LogP contribution in [-0.2, 0) is 6.42 Å². The topological polar surface area (TPSA) is 26.0 Å². The largest absolute Gasteiger partial charge is 0.327 e. The van der Waals surface area contributed by atoms with Crippen LogP contribution >= 0.6 is 15.9 Å². The monoisotopic (exact) mass is 273 g/mol. The van der Waals surface area contributed by atoms with Crippen molar-refractivity contribution < 1.29 is 4.39 Å². The SMILES string of the molecule is CCCCC(N)Cc1cc(Br)ccc1F.